The molecule has 2 heteroatoms. The van der Waals surface area contributed by atoms with E-state index in [1.807, 2.05) is 13.0 Å². The number of hydrogen-bond donors (Lipinski definition) is 0. The molecule has 1 aromatic carbocycles. The third-order valence-electron chi connectivity index (χ3n) is 3.17. The fraction of sp³-hybridized carbons (Fsp3) is 0.176. The SMILES string of the molecule is C=c1ncnc(C)/c1=C/C=C(\C)c1ccc(C)cc1. The molecule has 0 spiro atoms. The van der Waals surface area contributed by atoms with Crippen LogP contribution in [0.4, 0.5) is 0 Å². The zero-order valence-electron chi connectivity index (χ0n) is 11.6. The Bertz CT molecular complexity index is 710. The minimum Gasteiger partial charge on any atom is -0.241 e. The molecule has 2 aromatic rings. The molecule has 19 heavy (non-hydrogen) atoms. The van der Waals surface area contributed by atoms with Crippen molar-refractivity contribution in [2.75, 3.05) is 0 Å². The molecule has 0 unspecified atom stereocenters. The molecule has 0 aliphatic rings. The van der Waals surface area contributed by atoms with Gasteiger partial charge in [-0.25, -0.2) is 9.97 Å². The summed E-state index contributed by atoms with van der Waals surface area (Å²) in [5.41, 5.74) is 4.66. The van der Waals surface area contributed by atoms with Crippen molar-refractivity contribution in [1.29, 1.82) is 0 Å². The van der Waals surface area contributed by atoms with E-state index in [1.54, 1.807) is 6.33 Å². The lowest BCUT2D eigenvalue weighted by molar-refractivity contribution is 1.04. The topological polar surface area (TPSA) is 25.8 Å². The normalized spacial score (nSPS) is 12.8. The van der Waals surface area contributed by atoms with E-state index in [0.717, 1.165) is 16.3 Å². The average Bonchev–Trinajstić information content (AvgIpc) is 2.38. The van der Waals surface area contributed by atoms with Crippen molar-refractivity contribution in [3.05, 3.63) is 64.1 Å². The zero-order chi connectivity index (χ0) is 13.8. The Balaban J connectivity index is 2.42. The van der Waals surface area contributed by atoms with Gasteiger partial charge in [-0.2, -0.15) is 0 Å². The molecule has 0 atom stereocenters. The van der Waals surface area contributed by atoms with Crippen molar-refractivity contribution in [2.24, 2.45) is 0 Å². The van der Waals surface area contributed by atoms with E-state index in [1.165, 1.54) is 16.7 Å². The number of benzene rings is 1. The van der Waals surface area contributed by atoms with Crippen LogP contribution in [0.15, 0.2) is 36.7 Å². The van der Waals surface area contributed by atoms with E-state index in [0.29, 0.717) is 0 Å². The number of allylic oxidation sites excluding steroid dienone is 2. The Kier molecular flexibility index (Phi) is 3.91. The van der Waals surface area contributed by atoms with Gasteiger partial charge in [0, 0.05) is 10.9 Å². The van der Waals surface area contributed by atoms with E-state index >= 15 is 0 Å². The molecule has 0 amide bonds. The van der Waals surface area contributed by atoms with Crippen LogP contribution in [0.1, 0.15) is 23.7 Å². The summed E-state index contributed by atoms with van der Waals surface area (Å²) < 4.78 is 0. The second-order valence-electron chi connectivity index (χ2n) is 4.70. The first kappa shape index (κ1) is 13.2. The molecule has 2 nitrogen and oxygen atoms in total. The highest BCUT2D eigenvalue weighted by molar-refractivity contribution is 5.69. The molecular weight excluding hydrogens is 232 g/mol. The minimum atomic E-state index is 0.764. The van der Waals surface area contributed by atoms with Gasteiger partial charge in [-0.15, -0.1) is 0 Å². The largest absolute Gasteiger partial charge is 0.241 e. The van der Waals surface area contributed by atoms with Gasteiger partial charge < -0.3 is 0 Å². The van der Waals surface area contributed by atoms with Crippen molar-refractivity contribution in [3.63, 3.8) is 0 Å². The van der Waals surface area contributed by atoms with Gasteiger partial charge in [0.1, 0.15) is 6.33 Å². The number of aryl methyl sites for hydroxylation is 2. The van der Waals surface area contributed by atoms with Crippen LogP contribution in [0.3, 0.4) is 0 Å². The van der Waals surface area contributed by atoms with Crippen LogP contribution in [0, 0.1) is 13.8 Å². The number of aromatic nitrogens is 2. The zero-order valence-corrected chi connectivity index (χ0v) is 11.6. The predicted molar refractivity (Wildman–Crippen MR) is 80.8 cm³/mol. The molecule has 0 aliphatic heterocycles. The van der Waals surface area contributed by atoms with Gasteiger partial charge in [0.2, 0.25) is 0 Å². The van der Waals surface area contributed by atoms with Crippen molar-refractivity contribution in [2.45, 2.75) is 20.8 Å². The van der Waals surface area contributed by atoms with Crippen LogP contribution in [0.5, 0.6) is 0 Å². The maximum absolute atomic E-state index is 4.19. The third-order valence-corrected chi connectivity index (χ3v) is 3.17. The second kappa shape index (κ2) is 5.61. The Morgan fingerprint density at radius 1 is 1.11 bits per heavy atom. The highest BCUT2D eigenvalue weighted by atomic mass is 14.8. The first-order chi connectivity index (χ1) is 9.08. The van der Waals surface area contributed by atoms with Gasteiger partial charge in [0.05, 0.1) is 5.35 Å². The summed E-state index contributed by atoms with van der Waals surface area (Å²) in [5.74, 6) is 0. The van der Waals surface area contributed by atoms with Gasteiger partial charge in [-0.3, -0.25) is 0 Å². The van der Waals surface area contributed by atoms with Crippen molar-refractivity contribution < 1.29 is 0 Å². The average molecular weight is 250 g/mol. The molecule has 1 heterocycles. The van der Waals surface area contributed by atoms with Crippen molar-refractivity contribution in [3.8, 4) is 0 Å². The molecule has 0 N–H and O–H groups in total. The first-order valence-corrected chi connectivity index (χ1v) is 6.30. The standard InChI is InChI=1S/C17H18N2/c1-12-5-8-16(9-6-12)13(2)7-10-17-14(3)18-11-19-15(17)4/h5-11H,3H2,1-2,4H3/b13-7+,17-10+. The summed E-state index contributed by atoms with van der Waals surface area (Å²) in [6.45, 7) is 10.1. The van der Waals surface area contributed by atoms with E-state index < -0.39 is 0 Å². The Labute approximate surface area is 113 Å². The smallest absolute Gasteiger partial charge is 0.116 e. The molecule has 0 radical (unpaired) electrons. The lowest BCUT2D eigenvalue weighted by atomic mass is 10.1. The van der Waals surface area contributed by atoms with E-state index in [-0.39, 0.29) is 0 Å². The van der Waals surface area contributed by atoms with Crippen LogP contribution in [-0.2, 0) is 0 Å². The van der Waals surface area contributed by atoms with Crippen LogP contribution in [0.2, 0.25) is 0 Å². The summed E-state index contributed by atoms with van der Waals surface area (Å²) in [6.07, 6.45) is 5.67. The van der Waals surface area contributed by atoms with Gasteiger partial charge >= 0.3 is 0 Å². The Morgan fingerprint density at radius 3 is 2.42 bits per heavy atom. The maximum atomic E-state index is 4.19. The summed E-state index contributed by atoms with van der Waals surface area (Å²) in [7, 11) is 0. The van der Waals surface area contributed by atoms with Crippen molar-refractivity contribution >= 4 is 18.2 Å². The van der Waals surface area contributed by atoms with Crippen LogP contribution in [-0.4, -0.2) is 9.97 Å². The molecule has 0 bridgehead atoms. The summed E-state index contributed by atoms with van der Waals surface area (Å²) in [6, 6.07) is 8.51. The lowest BCUT2D eigenvalue weighted by Gasteiger charge is -2.01. The molecule has 96 valence electrons. The highest BCUT2D eigenvalue weighted by Crippen LogP contribution is 2.14. The molecule has 2 rings (SSSR count). The number of nitrogens with zero attached hydrogens (tertiary/aromatic N) is 2. The molecule has 1 aromatic heterocycles. The van der Waals surface area contributed by atoms with Gasteiger partial charge in [0.15, 0.2) is 0 Å². The van der Waals surface area contributed by atoms with Gasteiger partial charge in [0.25, 0.3) is 0 Å². The third kappa shape index (κ3) is 3.16. The van der Waals surface area contributed by atoms with E-state index in [9.17, 15) is 0 Å². The molecule has 0 saturated carbocycles. The predicted octanol–water partition coefficient (Wildman–Crippen LogP) is 2.39. The Hall–Kier alpha value is -2.22. The van der Waals surface area contributed by atoms with Crippen LogP contribution in [0.25, 0.3) is 18.2 Å². The first-order valence-electron chi connectivity index (χ1n) is 6.30. The number of rotatable bonds is 2. The fourth-order valence-corrected chi connectivity index (χ4v) is 1.87. The molecule has 0 fully saturated rings. The molecule has 0 aliphatic carbocycles. The van der Waals surface area contributed by atoms with Gasteiger partial charge in [-0.05, 0) is 31.9 Å². The maximum Gasteiger partial charge on any atom is 0.116 e. The van der Waals surface area contributed by atoms with E-state index in [2.05, 4.69) is 60.7 Å². The van der Waals surface area contributed by atoms with Gasteiger partial charge in [-0.1, -0.05) is 48.6 Å². The molecule has 0 saturated heterocycles. The fourth-order valence-electron chi connectivity index (χ4n) is 1.87. The second-order valence-corrected chi connectivity index (χ2v) is 4.70. The number of hydrogen-bond acceptors (Lipinski definition) is 2. The summed E-state index contributed by atoms with van der Waals surface area (Å²) in [5, 5.41) is 1.76. The minimum absolute atomic E-state index is 0.764. The summed E-state index contributed by atoms with van der Waals surface area (Å²) >= 11 is 0. The van der Waals surface area contributed by atoms with Crippen molar-refractivity contribution in [1.82, 2.24) is 9.97 Å². The van der Waals surface area contributed by atoms with E-state index in [4.69, 9.17) is 0 Å². The van der Waals surface area contributed by atoms with Crippen LogP contribution >= 0.6 is 0 Å². The lowest BCUT2D eigenvalue weighted by Crippen LogP contribution is -2.29. The molecular formula is C17H18N2. The van der Waals surface area contributed by atoms with Crippen LogP contribution < -0.4 is 10.6 Å². The summed E-state index contributed by atoms with van der Waals surface area (Å²) in [4.78, 5) is 8.31. The quantitative estimate of drug-likeness (QED) is 0.818. The monoisotopic (exact) mass is 250 g/mol. The Morgan fingerprint density at radius 2 is 1.79 bits per heavy atom. The highest BCUT2D eigenvalue weighted by Gasteiger charge is 1.94.